The number of fused-ring (bicyclic) bond motifs is 1. The fraction of sp³-hybridized carbons (Fsp3) is 0.226. The molecule has 4 atom stereocenters. The van der Waals surface area contributed by atoms with Gasteiger partial charge in [-0.3, -0.25) is 9.59 Å². The van der Waals surface area contributed by atoms with Gasteiger partial charge in [0.15, 0.2) is 11.4 Å². The van der Waals surface area contributed by atoms with Gasteiger partial charge in [0.25, 0.3) is 11.8 Å². The van der Waals surface area contributed by atoms with Gasteiger partial charge in [-0.05, 0) is 41.5 Å². The highest BCUT2D eigenvalue weighted by Crippen LogP contribution is 2.43. The number of thioether (sulfide) groups is 1. The number of hydrogen-bond acceptors (Lipinski definition) is 8. The van der Waals surface area contributed by atoms with Crippen molar-refractivity contribution in [2.24, 2.45) is 5.92 Å². The highest BCUT2D eigenvalue weighted by Gasteiger charge is 2.39. The van der Waals surface area contributed by atoms with Crippen LogP contribution in [0.4, 0.5) is 5.69 Å². The van der Waals surface area contributed by atoms with Crippen molar-refractivity contribution in [3.63, 3.8) is 0 Å². The predicted molar refractivity (Wildman–Crippen MR) is 150 cm³/mol. The number of hydrogen-bond donors (Lipinski definition) is 1. The average Bonchev–Trinajstić information content (AvgIpc) is 3.26. The van der Waals surface area contributed by atoms with Crippen LogP contribution in [0.2, 0.25) is 0 Å². The van der Waals surface area contributed by atoms with E-state index in [1.807, 2.05) is 36.4 Å². The zero-order chi connectivity index (χ0) is 27.6. The molecule has 4 aromatic rings. The Balaban J connectivity index is 1.25. The van der Waals surface area contributed by atoms with E-state index < -0.39 is 6.29 Å². The number of aromatic nitrogens is 2. The summed E-state index contributed by atoms with van der Waals surface area (Å²) in [5.41, 5.74) is 3.90. The van der Waals surface area contributed by atoms with E-state index in [1.54, 1.807) is 54.9 Å². The summed E-state index contributed by atoms with van der Waals surface area (Å²) in [6.45, 7) is 2.08. The average molecular weight is 554 g/mol. The summed E-state index contributed by atoms with van der Waals surface area (Å²) < 4.78 is 13.0. The summed E-state index contributed by atoms with van der Waals surface area (Å²) in [6.07, 6.45) is 2.33. The Labute approximate surface area is 236 Å². The maximum Gasteiger partial charge on any atom is 0.266 e. The van der Waals surface area contributed by atoms with Crippen LogP contribution < -0.4 is 4.90 Å². The monoisotopic (exact) mass is 553 g/mol. The van der Waals surface area contributed by atoms with Gasteiger partial charge in [0.05, 0.1) is 35.6 Å². The van der Waals surface area contributed by atoms with Crippen LogP contribution in [0.3, 0.4) is 0 Å². The van der Waals surface area contributed by atoms with Gasteiger partial charge in [0, 0.05) is 29.6 Å². The number of imide groups is 1. The molecule has 0 radical (unpaired) electrons. The van der Waals surface area contributed by atoms with Gasteiger partial charge < -0.3 is 14.6 Å². The summed E-state index contributed by atoms with van der Waals surface area (Å²) in [5.74, 6) is -0.0217. The maximum atomic E-state index is 12.9. The van der Waals surface area contributed by atoms with Gasteiger partial charge in [-0.2, -0.15) is 0 Å². The van der Waals surface area contributed by atoms with Crippen molar-refractivity contribution in [3.8, 4) is 0 Å². The third kappa shape index (κ3) is 5.04. The van der Waals surface area contributed by atoms with Crippen LogP contribution in [0.15, 0.2) is 96.4 Å². The van der Waals surface area contributed by atoms with Crippen molar-refractivity contribution in [2.45, 2.75) is 37.2 Å². The molecule has 8 nitrogen and oxygen atoms in total. The predicted octanol–water partition coefficient (Wildman–Crippen LogP) is 5.35. The van der Waals surface area contributed by atoms with Crippen LogP contribution in [0.5, 0.6) is 0 Å². The number of nitrogens with zero attached hydrogens (tertiary/aromatic N) is 3. The molecule has 6 rings (SSSR count). The van der Waals surface area contributed by atoms with E-state index in [0.29, 0.717) is 27.7 Å². The van der Waals surface area contributed by atoms with Gasteiger partial charge in [-0.1, -0.05) is 67.2 Å². The second-order valence-electron chi connectivity index (χ2n) is 9.75. The molecule has 0 saturated carbocycles. The molecule has 0 aliphatic carbocycles. The number of benzene rings is 3. The summed E-state index contributed by atoms with van der Waals surface area (Å²) in [5, 5.41) is 10.2. The first-order valence-electron chi connectivity index (χ1n) is 13.0. The van der Waals surface area contributed by atoms with Crippen LogP contribution in [-0.2, 0) is 16.1 Å². The number of ether oxygens (including phenoxy) is 2. The summed E-state index contributed by atoms with van der Waals surface area (Å²) >= 11 is 1.53. The number of amides is 2. The Morgan fingerprint density at radius 1 is 0.825 bits per heavy atom. The van der Waals surface area contributed by atoms with E-state index in [-0.39, 0.29) is 36.5 Å². The Bertz CT molecular complexity index is 1480. The van der Waals surface area contributed by atoms with Crippen molar-refractivity contribution in [3.05, 3.63) is 119 Å². The molecule has 202 valence electrons. The fourth-order valence-corrected chi connectivity index (χ4v) is 6.00. The first kappa shape index (κ1) is 26.3. The molecule has 1 saturated heterocycles. The molecule has 1 N–H and O–H groups in total. The second-order valence-corrected chi connectivity index (χ2v) is 10.7. The third-order valence-corrected chi connectivity index (χ3v) is 8.22. The van der Waals surface area contributed by atoms with E-state index in [9.17, 15) is 14.7 Å². The lowest BCUT2D eigenvalue weighted by molar-refractivity contribution is -0.268. The van der Waals surface area contributed by atoms with E-state index in [0.717, 1.165) is 16.7 Å². The Morgan fingerprint density at radius 3 is 2.08 bits per heavy atom. The first-order chi connectivity index (χ1) is 19.5. The molecule has 1 fully saturated rings. The van der Waals surface area contributed by atoms with Gasteiger partial charge in [-0.25, -0.2) is 14.9 Å². The lowest BCUT2D eigenvalue weighted by Crippen LogP contribution is -2.38. The minimum Gasteiger partial charge on any atom is -0.392 e. The van der Waals surface area contributed by atoms with Crippen LogP contribution in [0.25, 0.3) is 0 Å². The summed E-state index contributed by atoms with van der Waals surface area (Å²) in [6, 6.07) is 23.5. The molecular formula is C31H27N3O5S. The fourth-order valence-electron chi connectivity index (χ4n) is 5.03. The quantitative estimate of drug-likeness (QED) is 0.186. The molecule has 2 aliphatic heterocycles. The van der Waals surface area contributed by atoms with Crippen molar-refractivity contribution in [2.75, 3.05) is 10.7 Å². The van der Waals surface area contributed by atoms with Gasteiger partial charge in [0.1, 0.15) is 0 Å². The van der Waals surface area contributed by atoms with E-state index >= 15 is 0 Å². The third-order valence-electron chi connectivity index (χ3n) is 7.26. The van der Waals surface area contributed by atoms with E-state index in [1.165, 1.54) is 16.7 Å². The minimum atomic E-state index is -0.669. The van der Waals surface area contributed by atoms with Crippen molar-refractivity contribution < 1.29 is 24.2 Å². The number of aliphatic hydroxyl groups excluding tert-OH is 1. The Kier molecular flexibility index (Phi) is 7.44. The Hall–Kier alpha value is -3.89. The van der Waals surface area contributed by atoms with Crippen molar-refractivity contribution in [1.82, 2.24) is 9.97 Å². The van der Waals surface area contributed by atoms with Crippen molar-refractivity contribution in [1.29, 1.82) is 0 Å². The molecule has 3 heterocycles. The topological polar surface area (TPSA) is 102 Å². The number of carbonyl (C=O) groups is 2. The van der Waals surface area contributed by atoms with Crippen LogP contribution >= 0.6 is 11.8 Å². The molecule has 0 bridgehead atoms. The summed E-state index contributed by atoms with van der Waals surface area (Å²) in [4.78, 5) is 35.7. The zero-order valence-corrected chi connectivity index (χ0v) is 22.5. The second kappa shape index (κ2) is 11.3. The lowest BCUT2D eigenvalue weighted by Gasteiger charge is -2.41. The zero-order valence-electron chi connectivity index (χ0n) is 21.7. The van der Waals surface area contributed by atoms with Crippen LogP contribution in [0, 0.1) is 5.92 Å². The minimum absolute atomic E-state index is 0.0186. The molecule has 0 unspecified atom stereocenters. The largest absolute Gasteiger partial charge is 0.392 e. The number of anilines is 1. The highest BCUT2D eigenvalue weighted by molar-refractivity contribution is 7.99. The number of rotatable bonds is 7. The standard InChI is InChI=1S/C31H27N3O5S/c1-19-26(18-40-31-32-15-4-16-33-31)38-30(39-27(19)21-9-7-20(17-35)8-10-21)22-11-13-23(14-12-22)34-28(36)24-5-2-3-6-25(24)29(34)37/h2-16,19,26-27,30,35H,17-18H2,1H3/t19-,26+,27+,30+/m1/s1. The Morgan fingerprint density at radius 2 is 1.45 bits per heavy atom. The SMILES string of the molecule is C[C@@H]1[C@H](CSc2ncccn2)O[C@H](c2ccc(N3C(=O)c4ccccc4C3=O)cc2)O[C@@H]1c1ccc(CO)cc1. The van der Waals surface area contributed by atoms with Gasteiger partial charge in [-0.15, -0.1) is 0 Å². The summed E-state index contributed by atoms with van der Waals surface area (Å²) in [7, 11) is 0. The van der Waals surface area contributed by atoms with Gasteiger partial charge in [0.2, 0.25) is 0 Å². The van der Waals surface area contributed by atoms with E-state index in [2.05, 4.69) is 16.9 Å². The first-order valence-corrected chi connectivity index (χ1v) is 14.0. The normalized spacial score (nSPS) is 22.4. The molecule has 0 spiro atoms. The molecule has 1 aromatic heterocycles. The number of carbonyl (C=O) groups excluding carboxylic acids is 2. The molecule has 9 heteroatoms. The molecule has 2 aliphatic rings. The lowest BCUT2D eigenvalue weighted by atomic mass is 9.91. The van der Waals surface area contributed by atoms with Crippen LogP contribution in [-0.4, -0.2) is 38.7 Å². The molecule has 40 heavy (non-hydrogen) atoms. The van der Waals surface area contributed by atoms with E-state index in [4.69, 9.17) is 9.47 Å². The molecular weight excluding hydrogens is 526 g/mol. The highest BCUT2D eigenvalue weighted by atomic mass is 32.2. The maximum absolute atomic E-state index is 12.9. The molecule has 2 amide bonds. The van der Waals surface area contributed by atoms with Crippen LogP contribution in [0.1, 0.15) is 56.7 Å². The van der Waals surface area contributed by atoms with Crippen molar-refractivity contribution >= 4 is 29.3 Å². The smallest absolute Gasteiger partial charge is 0.266 e. The number of aliphatic hydroxyl groups is 1. The molecule has 3 aromatic carbocycles. The van der Waals surface area contributed by atoms with Gasteiger partial charge >= 0.3 is 0 Å².